The fourth-order valence-corrected chi connectivity index (χ4v) is 3.21. The summed E-state index contributed by atoms with van der Waals surface area (Å²) < 4.78 is 0. The zero-order chi connectivity index (χ0) is 13.0. The molecule has 2 aromatic heterocycles. The standard InChI is InChI=1S/C15H18N2Si/c1-4-6-12-8-9-13(17-11-12)15-14(18(2)3)7-5-10-16-15/h4-5,7-11,18H,1,6H2,2-3H3. The van der Waals surface area contributed by atoms with E-state index in [0.717, 1.165) is 17.8 Å². The summed E-state index contributed by atoms with van der Waals surface area (Å²) in [5.74, 6) is 0. The second-order valence-electron chi connectivity index (χ2n) is 4.64. The van der Waals surface area contributed by atoms with E-state index in [1.54, 1.807) is 0 Å². The van der Waals surface area contributed by atoms with Gasteiger partial charge in [-0.1, -0.05) is 31.3 Å². The van der Waals surface area contributed by atoms with Crippen LogP contribution in [0.4, 0.5) is 0 Å². The van der Waals surface area contributed by atoms with Crippen LogP contribution in [-0.2, 0) is 6.42 Å². The molecule has 0 aliphatic heterocycles. The lowest BCUT2D eigenvalue weighted by Crippen LogP contribution is -2.25. The van der Waals surface area contributed by atoms with Crippen molar-refractivity contribution in [2.24, 2.45) is 0 Å². The number of pyridine rings is 2. The Bertz CT molecular complexity index is 532. The zero-order valence-electron chi connectivity index (χ0n) is 10.9. The molecule has 2 nitrogen and oxygen atoms in total. The highest BCUT2D eigenvalue weighted by atomic mass is 28.3. The van der Waals surface area contributed by atoms with Gasteiger partial charge in [0.2, 0.25) is 0 Å². The van der Waals surface area contributed by atoms with Crippen molar-refractivity contribution in [1.29, 1.82) is 0 Å². The summed E-state index contributed by atoms with van der Waals surface area (Å²) in [6, 6.07) is 8.35. The SMILES string of the molecule is C=CCc1ccc(-c2ncccc2[SiH](C)C)nc1. The van der Waals surface area contributed by atoms with Crippen LogP contribution in [0.3, 0.4) is 0 Å². The molecule has 0 amide bonds. The molecule has 3 heteroatoms. The Morgan fingerprint density at radius 1 is 1.22 bits per heavy atom. The van der Waals surface area contributed by atoms with E-state index in [-0.39, 0.29) is 0 Å². The van der Waals surface area contributed by atoms with Gasteiger partial charge in [-0.25, -0.2) is 0 Å². The van der Waals surface area contributed by atoms with Crippen LogP contribution in [0.2, 0.25) is 13.1 Å². The van der Waals surface area contributed by atoms with Crippen molar-refractivity contribution in [2.75, 3.05) is 0 Å². The molecule has 0 saturated heterocycles. The summed E-state index contributed by atoms with van der Waals surface area (Å²) in [5.41, 5.74) is 3.21. The third-order valence-corrected chi connectivity index (χ3v) is 4.62. The van der Waals surface area contributed by atoms with Crippen LogP contribution >= 0.6 is 0 Å². The molecular formula is C15H18N2Si. The third kappa shape index (κ3) is 2.74. The van der Waals surface area contributed by atoms with E-state index < -0.39 is 8.80 Å². The van der Waals surface area contributed by atoms with Crippen molar-refractivity contribution in [3.05, 3.63) is 54.9 Å². The van der Waals surface area contributed by atoms with E-state index in [2.05, 4.69) is 47.8 Å². The number of hydrogen-bond acceptors (Lipinski definition) is 2. The maximum Gasteiger partial charge on any atom is 0.0885 e. The molecule has 92 valence electrons. The minimum Gasteiger partial charge on any atom is -0.255 e. The smallest absolute Gasteiger partial charge is 0.0885 e. The lowest BCUT2D eigenvalue weighted by atomic mass is 10.1. The monoisotopic (exact) mass is 254 g/mol. The number of nitrogens with zero attached hydrogens (tertiary/aromatic N) is 2. The maximum absolute atomic E-state index is 4.52. The van der Waals surface area contributed by atoms with Crippen LogP contribution in [-0.4, -0.2) is 18.8 Å². The highest BCUT2D eigenvalue weighted by Gasteiger charge is 2.10. The largest absolute Gasteiger partial charge is 0.255 e. The van der Waals surface area contributed by atoms with Crippen LogP contribution in [0, 0.1) is 0 Å². The topological polar surface area (TPSA) is 25.8 Å². The summed E-state index contributed by atoms with van der Waals surface area (Å²) in [7, 11) is -0.882. The first-order valence-corrected chi connectivity index (χ1v) is 9.12. The van der Waals surface area contributed by atoms with Gasteiger partial charge in [-0.05, 0) is 29.3 Å². The Morgan fingerprint density at radius 2 is 2.06 bits per heavy atom. The lowest BCUT2D eigenvalue weighted by molar-refractivity contribution is 1.18. The van der Waals surface area contributed by atoms with Gasteiger partial charge in [0, 0.05) is 12.4 Å². The fourth-order valence-electron chi connectivity index (χ4n) is 1.95. The first-order chi connectivity index (χ1) is 8.72. The second kappa shape index (κ2) is 5.73. The summed E-state index contributed by atoms with van der Waals surface area (Å²) in [6.45, 7) is 8.36. The van der Waals surface area contributed by atoms with Gasteiger partial charge >= 0.3 is 0 Å². The average molecular weight is 254 g/mol. The van der Waals surface area contributed by atoms with Crippen LogP contribution in [0.25, 0.3) is 11.4 Å². The number of rotatable bonds is 4. The van der Waals surface area contributed by atoms with Crippen molar-refractivity contribution in [3.8, 4) is 11.4 Å². The molecule has 0 aliphatic rings. The second-order valence-corrected chi connectivity index (χ2v) is 7.57. The Labute approximate surface area is 110 Å². The van der Waals surface area contributed by atoms with E-state index in [1.165, 1.54) is 10.8 Å². The van der Waals surface area contributed by atoms with Gasteiger partial charge in [0.15, 0.2) is 0 Å². The molecule has 0 saturated carbocycles. The molecule has 2 rings (SSSR count). The normalized spacial score (nSPS) is 10.6. The molecule has 0 unspecified atom stereocenters. The summed E-state index contributed by atoms with van der Waals surface area (Å²) in [5, 5.41) is 1.38. The molecule has 0 fully saturated rings. The van der Waals surface area contributed by atoms with Gasteiger partial charge in [0.05, 0.1) is 20.2 Å². The number of hydrogen-bond donors (Lipinski definition) is 0. The fraction of sp³-hybridized carbons (Fsp3) is 0.200. The summed E-state index contributed by atoms with van der Waals surface area (Å²) in [4.78, 5) is 9.02. The molecule has 0 spiro atoms. The van der Waals surface area contributed by atoms with Crippen LogP contribution in [0.5, 0.6) is 0 Å². The molecule has 0 N–H and O–H groups in total. The van der Waals surface area contributed by atoms with E-state index in [9.17, 15) is 0 Å². The zero-order valence-corrected chi connectivity index (χ0v) is 12.1. The van der Waals surface area contributed by atoms with Gasteiger partial charge in [-0.2, -0.15) is 0 Å². The summed E-state index contributed by atoms with van der Waals surface area (Å²) >= 11 is 0. The first kappa shape index (κ1) is 12.7. The predicted octanol–water partition coefficient (Wildman–Crippen LogP) is 2.57. The van der Waals surface area contributed by atoms with Crippen molar-refractivity contribution in [2.45, 2.75) is 19.5 Å². The lowest BCUT2D eigenvalue weighted by Gasteiger charge is -2.10. The van der Waals surface area contributed by atoms with E-state index in [1.807, 2.05) is 24.5 Å². The van der Waals surface area contributed by atoms with Crippen molar-refractivity contribution < 1.29 is 0 Å². The Morgan fingerprint density at radius 3 is 2.67 bits per heavy atom. The Balaban J connectivity index is 2.39. The van der Waals surface area contributed by atoms with Crippen LogP contribution in [0.1, 0.15) is 5.56 Å². The van der Waals surface area contributed by atoms with Gasteiger partial charge < -0.3 is 0 Å². The van der Waals surface area contributed by atoms with Crippen LogP contribution < -0.4 is 5.19 Å². The predicted molar refractivity (Wildman–Crippen MR) is 79.9 cm³/mol. The molecular weight excluding hydrogens is 236 g/mol. The minimum absolute atomic E-state index is 0.862. The molecule has 0 aliphatic carbocycles. The highest BCUT2D eigenvalue weighted by Crippen LogP contribution is 2.13. The first-order valence-electron chi connectivity index (χ1n) is 6.23. The molecule has 0 aromatic carbocycles. The summed E-state index contributed by atoms with van der Waals surface area (Å²) in [6.07, 6.45) is 6.51. The van der Waals surface area contributed by atoms with Gasteiger partial charge in [-0.3, -0.25) is 9.97 Å². The molecule has 18 heavy (non-hydrogen) atoms. The minimum atomic E-state index is -0.882. The van der Waals surface area contributed by atoms with Crippen molar-refractivity contribution >= 4 is 14.0 Å². The van der Waals surface area contributed by atoms with E-state index in [4.69, 9.17) is 0 Å². The number of allylic oxidation sites excluding steroid dienone is 1. The van der Waals surface area contributed by atoms with Gasteiger partial charge in [0.25, 0.3) is 0 Å². The maximum atomic E-state index is 4.52. The average Bonchev–Trinajstić information content (AvgIpc) is 2.40. The van der Waals surface area contributed by atoms with Gasteiger partial charge in [-0.15, -0.1) is 6.58 Å². The Hall–Kier alpha value is -1.74. The Kier molecular flexibility index (Phi) is 4.05. The number of aromatic nitrogens is 2. The van der Waals surface area contributed by atoms with Gasteiger partial charge in [0.1, 0.15) is 0 Å². The quantitative estimate of drug-likeness (QED) is 0.619. The van der Waals surface area contributed by atoms with E-state index >= 15 is 0 Å². The molecule has 0 atom stereocenters. The molecule has 2 heterocycles. The van der Waals surface area contributed by atoms with Crippen molar-refractivity contribution in [1.82, 2.24) is 9.97 Å². The molecule has 2 aromatic rings. The highest BCUT2D eigenvalue weighted by molar-refractivity contribution is 6.72. The van der Waals surface area contributed by atoms with Crippen LogP contribution in [0.15, 0.2) is 49.3 Å². The van der Waals surface area contributed by atoms with Crippen molar-refractivity contribution in [3.63, 3.8) is 0 Å². The third-order valence-electron chi connectivity index (χ3n) is 2.91. The molecule has 0 bridgehead atoms. The van der Waals surface area contributed by atoms with E-state index in [0.29, 0.717) is 0 Å². The molecule has 0 radical (unpaired) electrons.